The molecule has 0 aromatic carbocycles. The number of carboxylic acids is 1. The van der Waals surface area contributed by atoms with Gasteiger partial charge in [-0.1, -0.05) is 6.08 Å². The van der Waals surface area contributed by atoms with Crippen molar-refractivity contribution in [1.29, 1.82) is 5.26 Å². The average molecular weight is 1120 g/mol. The number of methoxy groups -OCH3 is 6. The van der Waals surface area contributed by atoms with Gasteiger partial charge in [-0.3, -0.25) is 19.7 Å². The zero-order valence-electron chi connectivity index (χ0n) is 45.3. The molecule has 0 saturated carbocycles. The van der Waals surface area contributed by atoms with E-state index in [1.807, 2.05) is 16.9 Å². The van der Waals surface area contributed by atoms with E-state index in [0.29, 0.717) is 77.9 Å². The molecule has 0 radical (unpaired) electrons. The molecule has 424 valence electrons. The van der Waals surface area contributed by atoms with E-state index in [4.69, 9.17) is 38.9 Å². The molecule has 2 bridgehead atoms. The number of aromatic carboxylic acids is 1. The van der Waals surface area contributed by atoms with Gasteiger partial charge in [-0.15, -0.1) is 0 Å². The van der Waals surface area contributed by atoms with Gasteiger partial charge in [-0.2, -0.15) is 10.4 Å². The molecule has 12 rings (SSSR count). The molecular formula is C54H56N16O12. The van der Waals surface area contributed by atoms with Crippen LogP contribution in [-0.4, -0.2) is 179 Å². The number of esters is 1. The monoisotopic (exact) mass is 1120 g/mol. The number of piperazine rings is 1. The Labute approximate surface area is 469 Å². The second-order valence-corrected chi connectivity index (χ2v) is 17.2. The van der Waals surface area contributed by atoms with E-state index < -0.39 is 11.9 Å². The highest BCUT2D eigenvalue weighted by Gasteiger charge is 2.45. The summed E-state index contributed by atoms with van der Waals surface area (Å²) >= 11 is 0. The van der Waals surface area contributed by atoms with Gasteiger partial charge in [0, 0.05) is 55.2 Å². The number of carbonyl (C=O) groups is 3. The smallest absolute Gasteiger partial charge is 0.358 e. The molecule has 82 heavy (non-hydrogen) atoms. The molecule has 12 heterocycles. The van der Waals surface area contributed by atoms with Crippen LogP contribution in [0.3, 0.4) is 0 Å². The number of fused-ring (bicyclic) bond motifs is 3. The van der Waals surface area contributed by atoms with Crippen molar-refractivity contribution in [2.45, 2.75) is 38.1 Å². The Balaban J connectivity index is 0.000000182. The molecule has 28 nitrogen and oxygen atoms in total. The summed E-state index contributed by atoms with van der Waals surface area (Å²) in [6.07, 6.45) is 24.6. The summed E-state index contributed by atoms with van der Waals surface area (Å²) in [5.74, 6) is 1.44. The Kier molecular flexibility index (Phi) is 21.5. The van der Waals surface area contributed by atoms with Crippen molar-refractivity contribution in [3.63, 3.8) is 0 Å². The molecule has 3 fully saturated rings. The van der Waals surface area contributed by atoms with Crippen molar-refractivity contribution in [3.05, 3.63) is 144 Å². The van der Waals surface area contributed by atoms with Gasteiger partial charge in [0.05, 0.1) is 153 Å². The van der Waals surface area contributed by atoms with Crippen molar-refractivity contribution in [2.24, 2.45) is 0 Å². The number of anilines is 1. The van der Waals surface area contributed by atoms with E-state index in [2.05, 4.69) is 105 Å². The number of pyridine rings is 2. The van der Waals surface area contributed by atoms with Gasteiger partial charge in [0.1, 0.15) is 17.6 Å². The summed E-state index contributed by atoms with van der Waals surface area (Å²) in [5, 5.41) is 31.2. The van der Waals surface area contributed by atoms with Gasteiger partial charge in [0.25, 0.3) is 0 Å². The van der Waals surface area contributed by atoms with Crippen LogP contribution in [0.25, 0.3) is 22.2 Å². The first-order valence-electron chi connectivity index (χ1n) is 24.8. The van der Waals surface area contributed by atoms with Gasteiger partial charge < -0.3 is 48.3 Å². The molecule has 3 saturated heterocycles. The number of aliphatic hydroxyl groups is 1. The lowest BCUT2D eigenvalue weighted by atomic mass is 9.87. The van der Waals surface area contributed by atoms with E-state index >= 15 is 0 Å². The van der Waals surface area contributed by atoms with Gasteiger partial charge in [-0.05, 0) is 42.2 Å². The summed E-state index contributed by atoms with van der Waals surface area (Å²) in [6.45, 7) is 3.91. The van der Waals surface area contributed by atoms with Crippen LogP contribution in [0.2, 0.25) is 0 Å². The normalized spacial score (nSPS) is 14.7. The average Bonchev–Trinajstić information content (AvgIpc) is 4.09. The van der Waals surface area contributed by atoms with Crippen LogP contribution in [0.4, 0.5) is 5.82 Å². The maximum Gasteiger partial charge on any atom is 0.358 e. The topological polar surface area (TPSA) is 346 Å². The molecule has 2 N–H and O–H groups in total. The van der Waals surface area contributed by atoms with Crippen molar-refractivity contribution < 1.29 is 57.8 Å². The number of ether oxygens (including phenoxy) is 7. The van der Waals surface area contributed by atoms with Crippen molar-refractivity contribution in [1.82, 2.24) is 69.3 Å². The molecule has 0 aliphatic carbocycles. The number of carbonyl (C=O) groups excluding carboxylic acids is 2. The summed E-state index contributed by atoms with van der Waals surface area (Å²) in [6, 6.07) is 9.60. The minimum Gasteiger partial charge on any atom is -0.480 e. The molecule has 4 aliphatic heterocycles. The third-order valence-corrected chi connectivity index (χ3v) is 12.3. The van der Waals surface area contributed by atoms with Crippen molar-refractivity contribution >= 4 is 35.1 Å². The van der Waals surface area contributed by atoms with Gasteiger partial charge in [0.15, 0.2) is 17.7 Å². The number of hydrogen-bond acceptors (Lipinski definition) is 26. The first-order valence-corrected chi connectivity index (χ1v) is 24.8. The van der Waals surface area contributed by atoms with Gasteiger partial charge >= 0.3 is 11.9 Å². The minimum atomic E-state index is -1.10. The van der Waals surface area contributed by atoms with E-state index in [-0.39, 0.29) is 18.0 Å². The van der Waals surface area contributed by atoms with Crippen LogP contribution in [0.1, 0.15) is 66.8 Å². The number of nitrogens with zero attached hydrogens (tertiary/aromatic N) is 16. The maximum atomic E-state index is 10.8. The first kappa shape index (κ1) is 59.4. The molecule has 8 aromatic heterocycles. The standard InChI is InChI=1S/C29H28N8O2.C7H8N2O3.C6H6N2O3.C6H8N2O2.C6H6N2O2/c1-38-28-14-31-23(13-33-28)16-36-24-9-25(36)18-35(17-24)27-3-2-20(11-32-27)26-8-21(19-4-6-39-7-5-19)15-37-29(26)22(10-30)12-34-37;1-11-6-4-8-5(3-9-6)7(10)12-2;1-11-5-3-7-4(2-8-5)6(9)10;2*1-10-6-3-7-5(4-9)2-8-6/h2-4,8,11-15,24-25H,5-7,9,16-18H2,1H3;3-4H,1-2H3;2-3H,1H3,(H,9,10);2-3,9H,4H2,1H3;2-4H,1H3. The summed E-state index contributed by atoms with van der Waals surface area (Å²) in [4.78, 5) is 79.6. The number of aliphatic hydroxyl groups excluding tert-OH is 1. The number of aldehydes is 1. The lowest BCUT2D eigenvalue weighted by Crippen LogP contribution is -2.68. The third kappa shape index (κ3) is 15.7. The number of carboxylic acid groups (broad SMARTS) is 1. The van der Waals surface area contributed by atoms with E-state index in [9.17, 15) is 19.6 Å². The molecule has 0 amide bonds. The number of piperidine rings is 1. The Bertz CT molecular complexity index is 3390. The second kappa shape index (κ2) is 29.7. The SMILES string of the molecule is COC(=O)c1cnc(OC)cn1.COc1cnc(C(=O)O)cn1.COc1cnc(C=O)cn1.COc1cnc(CN2C3CC2CN(c2ccc(-c4cc(C5=CCOCC5)cn5ncc(C#N)c45)cn2)C3)cn1.COc1cnc(CO)cn1. The molecule has 2 atom stereocenters. The molecule has 2 unspecified atom stereocenters. The van der Waals surface area contributed by atoms with E-state index in [1.54, 1.807) is 25.7 Å². The lowest BCUT2D eigenvalue weighted by molar-refractivity contribution is -0.00979. The third-order valence-electron chi connectivity index (χ3n) is 12.3. The largest absolute Gasteiger partial charge is 0.480 e. The number of nitriles is 1. The Morgan fingerprint density at radius 1 is 0.695 bits per heavy atom. The maximum absolute atomic E-state index is 10.8. The fourth-order valence-electron chi connectivity index (χ4n) is 8.16. The van der Waals surface area contributed by atoms with Crippen LogP contribution >= 0.6 is 0 Å². The quantitative estimate of drug-likeness (QED) is 0.114. The van der Waals surface area contributed by atoms with Gasteiger partial charge in [0.2, 0.25) is 29.4 Å². The minimum absolute atomic E-state index is 0.0863. The second-order valence-electron chi connectivity index (χ2n) is 17.2. The number of aromatic nitrogens is 13. The highest BCUT2D eigenvalue weighted by atomic mass is 16.5. The first-order chi connectivity index (χ1) is 39.9. The van der Waals surface area contributed by atoms with Crippen LogP contribution in [0.15, 0.2) is 105 Å². The fraction of sp³-hybridized carbons (Fsp3) is 0.296. The molecule has 4 aliphatic rings. The van der Waals surface area contributed by atoms with Crippen molar-refractivity contribution in [3.8, 4) is 46.6 Å². The zero-order chi connectivity index (χ0) is 58.4. The predicted molar refractivity (Wildman–Crippen MR) is 289 cm³/mol. The van der Waals surface area contributed by atoms with E-state index in [1.165, 1.54) is 90.9 Å². The van der Waals surface area contributed by atoms with Crippen LogP contribution in [0, 0.1) is 11.3 Å². The predicted octanol–water partition coefficient (Wildman–Crippen LogP) is 4.06. The number of hydrogen-bond donors (Lipinski definition) is 2. The Morgan fingerprint density at radius 3 is 1.74 bits per heavy atom. The van der Waals surface area contributed by atoms with Gasteiger partial charge in [-0.25, -0.2) is 59.0 Å². The number of rotatable bonds is 14. The zero-order valence-corrected chi connectivity index (χ0v) is 45.3. The summed E-state index contributed by atoms with van der Waals surface area (Å²) < 4.78 is 35.8. The highest BCUT2D eigenvalue weighted by molar-refractivity contribution is 5.88. The van der Waals surface area contributed by atoms with Crippen LogP contribution in [0.5, 0.6) is 29.4 Å². The molecular weight excluding hydrogens is 1060 g/mol. The van der Waals surface area contributed by atoms with Crippen LogP contribution in [-0.2, 0) is 22.6 Å². The highest BCUT2D eigenvalue weighted by Crippen LogP contribution is 2.37. The Hall–Kier alpha value is -10.2. The van der Waals surface area contributed by atoms with Crippen molar-refractivity contribution in [2.75, 3.05) is 73.9 Å². The molecule has 0 spiro atoms. The summed E-state index contributed by atoms with van der Waals surface area (Å²) in [7, 11) is 8.80. The fourth-order valence-corrected chi connectivity index (χ4v) is 8.16. The van der Waals surface area contributed by atoms with Crippen LogP contribution < -0.4 is 28.6 Å². The van der Waals surface area contributed by atoms with E-state index in [0.717, 1.165) is 66.0 Å². The lowest BCUT2D eigenvalue weighted by Gasteiger charge is -2.56. The molecule has 8 aromatic rings. The Morgan fingerprint density at radius 2 is 1.28 bits per heavy atom. The molecule has 28 heteroatoms. The summed E-state index contributed by atoms with van der Waals surface area (Å²) in [5.41, 5.74) is 7.50.